The first kappa shape index (κ1) is 24.2. The molecule has 1 aliphatic rings. The van der Waals surface area contributed by atoms with Crippen LogP contribution >= 0.6 is 0 Å². The van der Waals surface area contributed by atoms with E-state index < -0.39 is 0 Å². The second kappa shape index (κ2) is 19.9. The normalized spacial score (nSPS) is 16.7. The molecule has 1 fully saturated rings. The number of rotatable bonds is 17. The first-order valence-corrected chi connectivity index (χ1v) is 11.6. The van der Waals surface area contributed by atoms with E-state index in [2.05, 4.69) is 11.8 Å². The number of unbranched alkanes of at least 4 members (excludes halogenated alkanes) is 13. The van der Waals surface area contributed by atoms with Crippen LogP contribution in [-0.2, 0) is 14.3 Å². The van der Waals surface area contributed by atoms with Crippen molar-refractivity contribution in [2.45, 2.75) is 122 Å². The summed E-state index contributed by atoms with van der Waals surface area (Å²) in [6, 6.07) is 0. The van der Waals surface area contributed by atoms with Crippen LogP contribution in [0.3, 0.4) is 0 Å². The zero-order chi connectivity index (χ0) is 19.3. The van der Waals surface area contributed by atoms with Crippen molar-refractivity contribution in [2.75, 3.05) is 13.2 Å². The first-order valence-electron chi connectivity index (χ1n) is 11.6. The van der Waals surface area contributed by atoms with Crippen molar-refractivity contribution in [1.82, 2.24) is 0 Å². The molecule has 0 aromatic rings. The monoisotopic (exact) mass is 378 g/mol. The van der Waals surface area contributed by atoms with Gasteiger partial charge in [0.05, 0.1) is 0 Å². The number of carbonyl (C=O) groups excluding carboxylic acids is 1. The average Bonchev–Trinajstić information content (AvgIpc) is 2.70. The van der Waals surface area contributed by atoms with Crippen LogP contribution in [0, 0.1) is 11.8 Å². The maximum Gasteiger partial charge on any atom is 0.157 e. The maximum absolute atomic E-state index is 10.2. The second-order valence-electron chi connectivity index (χ2n) is 7.72. The molecule has 0 N–H and O–H groups in total. The molecule has 27 heavy (non-hydrogen) atoms. The molecular weight excluding hydrogens is 336 g/mol. The van der Waals surface area contributed by atoms with Crippen molar-refractivity contribution >= 4 is 6.29 Å². The van der Waals surface area contributed by atoms with E-state index in [4.69, 9.17) is 9.47 Å². The zero-order valence-electron chi connectivity index (χ0n) is 17.5. The summed E-state index contributed by atoms with van der Waals surface area (Å²) in [6.07, 6.45) is 22.5. The van der Waals surface area contributed by atoms with Gasteiger partial charge < -0.3 is 14.3 Å². The number of carbonyl (C=O) groups is 1. The molecule has 1 unspecified atom stereocenters. The molecule has 1 saturated heterocycles. The Bertz CT molecular complexity index is 377. The van der Waals surface area contributed by atoms with E-state index in [-0.39, 0.29) is 6.29 Å². The lowest BCUT2D eigenvalue weighted by Gasteiger charge is -2.22. The number of ether oxygens (including phenoxy) is 2. The van der Waals surface area contributed by atoms with Crippen LogP contribution in [0.5, 0.6) is 0 Å². The summed E-state index contributed by atoms with van der Waals surface area (Å²) in [5.41, 5.74) is 0. The molecule has 0 aromatic heterocycles. The highest BCUT2D eigenvalue weighted by Gasteiger charge is 2.12. The van der Waals surface area contributed by atoms with Gasteiger partial charge in [0.2, 0.25) is 0 Å². The van der Waals surface area contributed by atoms with Gasteiger partial charge in [-0.1, -0.05) is 51.4 Å². The Morgan fingerprint density at radius 3 is 1.96 bits per heavy atom. The Balaban J connectivity index is 1.72. The van der Waals surface area contributed by atoms with Gasteiger partial charge >= 0.3 is 0 Å². The van der Waals surface area contributed by atoms with Crippen LogP contribution in [-0.4, -0.2) is 25.8 Å². The van der Waals surface area contributed by atoms with Gasteiger partial charge in [-0.2, -0.15) is 0 Å². The summed E-state index contributed by atoms with van der Waals surface area (Å²) in [7, 11) is 0. The summed E-state index contributed by atoms with van der Waals surface area (Å²) in [6.45, 7) is 1.67. The molecule has 0 bridgehead atoms. The van der Waals surface area contributed by atoms with Gasteiger partial charge in [-0.25, -0.2) is 0 Å². The van der Waals surface area contributed by atoms with E-state index in [1.165, 1.54) is 70.6 Å². The predicted molar refractivity (Wildman–Crippen MR) is 113 cm³/mol. The highest BCUT2D eigenvalue weighted by Crippen LogP contribution is 2.14. The van der Waals surface area contributed by atoms with Crippen molar-refractivity contribution < 1.29 is 14.3 Å². The van der Waals surface area contributed by atoms with E-state index in [9.17, 15) is 4.79 Å². The molecule has 0 radical (unpaired) electrons. The Hall–Kier alpha value is -0.850. The smallest absolute Gasteiger partial charge is 0.157 e. The van der Waals surface area contributed by atoms with Crippen LogP contribution in [0.2, 0.25) is 0 Å². The van der Waals surface area contributed by atoms with Crippen molar-refractivity contribution in [1.29, 1.82) is 0 Å². The largest absolute Gasteiger partial charge is 0.353 e. The van der Waals surface area contributed by atoms with E-state index >= 15 is 0 Å². The lowest BCUT2D eigenvalue weighted by molar-refractivity contribution is -0.162. The van der Waals surface area contributed by atoms with Crippen LogP contribution in [0.1, 0.15) is 116 Å². The molecule has 3 nitrogen and oxygen atoms in total. The third kappa shape index (κ3) is 17.0. The minimum atomic E-state index is 0.0539. The minimum Gasteiger partial charge on any atom is -0.353 e. The molecule has 0 aromatic carbocycles. The van der Waals surface area contributed by atoms with Gasteiger partial charge in [0.1, 0.15) is 6.29 Å². The van der Waals surface area contributed by atoms with Crippen LogP contribution in [0.15, 0.2) is 0 Å². The summed E-state index contributed by atoms with van der Waals surface area (Å²) in [5.74, 6) is 6.63. The van der Waals surface area contributed by atoms with Crippen LogP contribution in [0.25, 0.3) is 0 Å². The number of aldehydes is 1. The Morgan fingerprint density at radius 2 is 1.37 bits per heavy atom. The standard InChI is InChI=1S/C24H42O3/c25-21-17-14-12-10-8-6-4-2-1-3-5-7-9-11-13-15-18-22-26-24-20-16-19-23-27-24/h21,24H,1-8,10,12-20,22-23H2. The molecule has 1 heterocycles. The lowest BCUT2D eigenvalue weighted by atomic mass is 10.1. The second-order valence-corrected chi connectivity index (χ2v) is 7.72. The summed E-state index contributed by atoms with van der Waals surface area (Å²) in [5, 5.41) is 0. The fourth-order valence-corrected chi connectivity index (χ4v) is 3.40. The molecule has 0 spiro atoms. The molecule has 1 aliphatic heterocycles. The van der Waals surface area contributed by atoms with Gasteiger partial charge in [0.15, 0.2) is 6.29 Å². The minimum absolute atomic E-state index is 0.0539. The molecular formula is C24H42O3. The zero-order valence-corrected chi connectivity index (χ0v) is 17.5. The number of hydrogen-bond acceptors (Lipinski definition) is 3. The van der Waals surface area contributed by atoms with Gasteiger partial charge in [0.25, 0.3) is 0 Å². The van der Waals surface area contributed by atoms with Gasteiger partial charge in [-0.15, -0.1) is 11.8 Å². The predicted octanol–water partition coefficient (Wildman–Crippen LogP) is 6.58. The van der Waals surface area contributed by atoms with E-state index in [1.54, 1.807) is 0 Å². The summed E-state index contributed by atoms with van der Waals surface area (Å²) < 4.78 is 11.3. The fraction of sp³-hybridized carbons (Fsp3) is 0.875. The van der Waals surface area contributed by atoms with Gasteiger partial charge in [-0.3, -0.25) is 0 Å². The SMILES string of the molecule is O=CCCCCCCCCCCCCC#CCCCCOC1CCCCO1. The lowest BCUT2D eigenvalue weighted by Crippen LogP contribution is -2.22. The molecule has 0 aliphatic carbocycles. The average molecular weight is 379 g/mol. The molecule has 1 rings (SSSR count). The Labute approximate surface area is 168 Å². The van der Waals surface area contributed by atoms with Crippen molar-refractivity contribution in [3.8, 4) is 11.8 Å². The molecule has 0 amide bonds. The van der Waals surface area contributed by atoms with Gasteiger partial charge in [-0.05, 0) is 44.9 Å². The Morgan fingerprint density at radius 1 is 0.778 bits per heavy atom. The molecule has 156 valence electrons. The third-order valence-corrected chi connectivity index (χ3v) is 5.14. The Kier molecular flexibility index (Phi) is 17.8. The van der Waals surface area contributed by atoms with Crippen LogP contribution in [0.4, 0.5) is 0 Å². The van der Waals surface area contributed by atoms with Gasteiger partial charge in [0, 0.05) is 32.5 Å². The molecule has 0 saturated carbocycles. The highest BCUT2D eigenvalue weighted by molar-refractivity contribution is 5.48. The fourth-order valence-electron chi connectivity index (χ4n) is 3.40. The van der Waals surface area contributed by atoms with E-state index in [1.807, 2.05) is 0 Å². The van der Waals surface area contributed by atoms with E-state index in [0.717, 1.165) is 64.4 Å². The first-order chi connectivity index (χ1) is 13.4. The third-order valence-electron chi connectivity index (χ3n) is 5.14. The highest BCUT2D eigenvalue weighted by atomic mass is 16.7. The summed E-state index contributed by atoms with van der Waals surface area (Å²) >= 11 is 0. The quantitative estimate of drug-likeness (QED) is 0.163. The molecule has 3 heteroatoms. The van der Waals surface area contributed by atoms with Crippen molar-refractivity contribution in [3.63, 3.8) is 0 Å². The number of hydrogen-bond donors (Lipinski definition) is 0. The topological polar surface area (TPSA) is 35.5 Å². The van der Waals surface area contributed by atoms with Crippen molar-refractivity contribution in [3.05, 3.63) is 0 Å². The maximum atomic E-state index is 10.2. The summed E-state index contributed by atoms with van der Waals surface area (Å²) in [4.78, 5) is 10.2. The van der Waals surface area contributed by atoms with Crippen molar-refractivity contribution in [2.24, 2.45) is 0 Å². The molecule has 1 atom stereocenters. The van der Waals surface area contributed by atoms with Crippen LogP contribution < -0.4 is 0 Å². The van der Waals surface area contributed by atoms with E-state index in [0.29, 0.717) is 0 Å².